The second-order valence-corrected chi connectivity index (χ2v) is 4.31. The molecule has 0 N–H and O–H groups in total. The zero-order valence-corrected chi connectivity index (χ0v) is 10.9. The molecular formula is C14H17N3O. The minimum atomic E-state index is -0.00553. The Morgan fingerprint density at radius 3 is 2.50 bits per heavy atom. The van der Waals surface area contributed by atoms with Crippen LogP contribution in [0.15, 0.2) is 36.5 Å². The van der Waals surface area contributed by atoms with Crippen LogP contribution in [0, 0.1) is 0 Å². The summed E-state index contributed by atoms with van der Waals surface area (Å²) in [5.41, 5.74) is 2.60. The molecule has 0 spiro atoms. The van der Waals surface area contributed by atoms with Gasteiger partial charge in [-0.05, 0) is 18.6 Å². The molecule has 1 aromatic carbocycles. The Morgan fingerprint density at radius 1 is 1.28 bits per heavy atom. The van der Waals surface area contributed by atoms with Crippen molar-refractivity contribution in [3.05, 3.63) is 47.8 Å². The van der Waals surface area contributed by atoms with Crippen molar-refractivity contribution >= 4 is 5.91 Å². The van der Waals surface area contributed by atoms with E-state index in [-0.39, 0.29) is 5.91 Å². The first-order valence-electron chi connectivity index (χ1n) is 5.99. The Bertz CT molecular complexity index is 543. The molecule has 0 unspecified atom stereocenters. The fourth-order valence-corrected chi connectivity index (χ4v) is 1.93. The summed E-state index contributed by atoms with van der Waals surface area (Å²) in [7, 11) is 3.50. The van der Waals surface area contributed by atoms with Crippen LogP contribution in [0.5, 0.6) is 0 Å². The van der Waals surface area contributed by atoms with Gasteiger partial charge in [0.1, 0.15) is 0 Å². The topological polar surface area (TPSA) is 38.1 Å². The molecule has 0 radical (unpaired) electrons. The number of carbonyl (C=O) groups excluding carboxylic acids is 1. The lowest BCUT2D eigenvalue weighted by Crippen LogP contribution is -2.22. The van der Waals surface area contributed by atoms with Gasteiger partial charge in [-0.1, -0.05) is 25.1 Å². The van der Waals surface area contributed by atoms with Crippen molar-refractivity contribution in [3.8, 4) is 5.69 Å². The number of para-hydroxylation sites is 1. The highest BCUT2D eigenvalue weighted by atomic mass is 16.2. The molecule has 0 fully saturated rings. The molecule has 4 nitrogen and oxygen atoms in total. The summed E-state index contributed by atoms with van der Waals surface area (Å²) in [6, 6.07) is 9.85. The first-order valence-corrected chi connectivity index (χ1v) is 5.99. The summed E-state index contributed by atoms with van der Waals surface area (Å²) in [6.07, 6.45) is 2.41. The first-order chi connectivity index (χ1) is 8.65. The summed E-state index contributed by atoms with van der Waals surface area (Å²) >= 11 is 0. The molecule has 0 aliphatic carbocycles. The standard InChI is InChI=1S/C14H17N3O/c1-4-13-12(14(18)16(2)3)10-15-17(13)11-8-6-5-7-9-11/h5-10H,4H2,1-3H3. The minimum absolute atomic E-state index is 0.00553. The van der Waals surface area contributed by atoms with E-state index in [4.69, 9.17) is 0 Å². The van der Waals surface area contributed by atoms with Gasteiger partial charge in [0.25, 0.3) is 5.91 Å². The predicted octanol–water partition coefficient (Wildman–Crippen LogP) is 2.14. The van der Waals surface area contributed by atoms with Gasteiger partial charge in [-0.25, -0.2) is 4.68 Å². The smallest absolute Gasteiger partial charge is 0.256 e. The summed E-state index contributed by atoms with van der Waals surface area (Å²) in [5, 5.41) is 4.33. The van der Waals surface area contributed by atoms with E-state index in [9.17, 15) is 4.79 Å². The molecule has 1 amide bonds. The van der Waals surface area contributed by atoms with E-state index in [2.05, 4.69) is 5.10 Å². The summed E-state index contributed by atoms with van der Waals surface area (Å²) in [5.74, 6) is -0.00553. The van der Waals surface area contributed by atoms with Crippen LogP contribution < -0.4 is 0 Å². The molecule has 94 valence electrons. The highest BCUT2D eigenvalue weighted by Gasteiger charge is 2.18. The van der Waals surface area contributed by atoms with E-state index < -0.39 is 0 Å². The van der Waals surface area contributed by atoms with E-state index in [1.54, 1.807) is 25.2 Å². The lowest BCUT2D eigenvalue weighted by molar-refractivity contribution is 0.0826. The number of aromatic nitrogens is 2. The van der Waals surface area contributed by atoms with Crippen LogP contribution in [0.1, 0.15) is 23.0 Å². The van der Waals surface area contributed by atoms with Gasteiger partial charge in [-0.2, -0.15) is 5.10 Å². The lowest BCUT2D eigenvalue weighted by atomic mass is 10.2. The highest BCUT2D eigenvalue weighted by molar-refractivity contribution is 5.94. The number of rotatable bonds is 3. The molecule has 0 aliphatic heterocycles. The number of benzene rings is 1. The van der Waals surface area contributed by atoms with Crippen molar-refractivity contribution in [2.75, 3.05) is 14.1 Å². The quantitative estimate of drug-likeness (QED) is 0.828. The van der Waals surface area contributed by atoms with Gasteiger partial charge in [0.15, 0.2) is 0 Å². The zero-order chi connectivity index (χ0) is 13.1. The number of hydrogen-bond acceptors (Lipinski definition) is 2. The second kappa shape index (κ2) is 5.04. The van der Waals surface area contributed by atoms with Crippen molar-refractivity contribution in [3.63, 3.8) is 0 Å². The molecular weight excluding hydrogens is 226 g/mol. The molecule has 4 heteroatoms. The van der Waals surface area contributed by atoms with E-state index in [1.165, 1.54) is 0 Å². The zero-order valence-electron chi connectivity index (χ0n) is 10.9. The average Bonchev–Trinajstić information content (AvgIpc) is 2.82. The van der Waals surface area contributed by atoms with E-state index >= 15 is 0 Å². The molecule has 2 aromatic rings. The van der Waals surface area contributed by atoms with Gasteiger partial charge < -0.3 is 4.90 Å². The Kier molecular flexibility index (Phi) is 3.46. The molecule has 2 rings (SSSR count). The van der Waals surface area contributed by atoms with Crippen LogP contribution >= 0.6 is 0 Å². The molecule has 0 aliphatic rings. The summed E-state index contributed by atoms with van der Waals surface area (Å²) in [6.45, 7) is 2.03. The van der Waals surface area contributed by atoms with Gasteiger partial charge in [0.05, 0.1) is 23.1 Å². The molecule has 18 heavy (non-hydrogen) atoms. The van der Waals surface area contributed by atoms with Crippen LogP contribution in [0.2, 0.25) is 0 Å². The fraction of sp³-hybridized carbons (Fsp3) is 0.286. The molecule has 0 saturated heterocycles. The van der Waals surface area contributed by atoms with Crippen LogP contribution in [0.25, 0.3) is 5.69 Å². The van der Waals surface area contributed by atoms with Crippen molar-refractivity contribution in [2.45, 2.75) is 13.3 Å². The first kappa shape index (κ1) is 12.4. The maximum atomic E-state index is 12.0. The van der Waals surface area contributed by atoms with Gasteiger partial charge in [-0.15, -0.1) is 0 Å². The largest absolute Gasteiger partial charge is 0.345 e. The number of nitrogens with zero attached hydrogens (tertiary/aromatic N) is 3. The Morgan fingerprint density at radius 2 is 1.94 bits per heavy atom. The van der Waals surface area contributed by atoms with Gasteiger partial charge in [0, 0.05) is 14.1 Å². The van der Waals surface area contributed by atoms with Crippen LogP contribution in [0.3, 0.4) is 0 Å². The summed E-state index contributed by atoms with van der Waals surface area (Å²) in [4.78, 5) is 13.6. The van der Waals surface area contributed by atoms with E-state index in [0.29, 0.717) is 5.56 Å². The average molecular weight is 243 g/mol. The molecule has 0 saturated carbocycles. The number of carbonyl (C=O) groups is 1. The van der Waals surface area contributed by atoms with Crippen molar-refractivity contribution in [1.82, 2.24) is 14.7 Å². The number of amides is 1. The monoisotopic (exact) mass is 243 g/mol. The normalized spacial score (nSPS) is 10.4. The maximum absolute atomic E-state index is 12.0. The van der Waals surface area contributed by atoms with Crippen molar-refractivity contribution < 1.29 is 4.79 Å². The molecule has 1 heterocycles. The Balaban J connectivity index is 2.49. The second-order valence-electron chi connectivity index (χ2n) is 4.31. The van der Waals surface area contributed by atoms with Crippen molar-refractivity contribution in [2.24, 2.45) is 0 Å². The van der Waals surface area contributed by atoms with E-state index in [1.807, 2.05) is 41.9 Å². The van der Waals surface area contributed by atoms with Crippen LogP contribution in [-0.4, -0.2) is 34.7 Å². The highest BCUT2D eigenvalue weighted by Crippen LogP contribution is 2.16. The van der Waals surface area contributed by atoms with Gasteiger partial charge in [-0.3, -0.25) is 4.79 Å². The van der Waals surface area contributed by atoms with Crippen LogP contribution in [0.4, 0.5) is 0 Å². The Labute approximate surface area is 107 Å². The van der Waals surface area contributed by atoms with Crippen molar-refractivity contribution in [1.29, 1.82) is 0 Å². The van der Waals surface area contributed by atoms with Gasteiger partial charge in [0.2, 0.25) is 0 Å². The van der Waals surface area contributed by atoms with E-state index in [0.717, 1.165) is 17.8 Å². The third-order valence-corrected chi connectivity index (χ3v) is 2.84. The van der Waals surface area contributed by atoms with Crippen LogP contribution in [-0.2, 0) is 6.42 Å². The third kappa shape index (κ3) is 2.14. The Hall–Kier alpha value is -2.10. The summed E-state index contributed by atoms with van der Waals surface area (Å²) < 4.78 is 1.83. The number of hydrogen-bond donors (Lipinski definition) is 0. The third-order valence-electron chi connectivity index (χ3n) is 2.84. The maximum Gasteiger partial charge on any atom is 0.256 e. The SMILES string of the molecule is CCc1c(C(=O)N(C)C)cnn1-c1ccccc1. The predicted molar refractivity (Wildman–Crippen MR) is 71.0 cm³/mol. The molecule has 0 atom stereocenters. The minimum Gasteiger partial charge on any atom is -0.345 e. The lowest BCUT2D eigenvalue weighted by Gasteiger charge is -2.11. The van der Waals surface area contributed by atoms with Gasteiger partial charge >= 0.3 is 0 Å². The molecule has 0 bridgehead atoms. The fourth-order valence-electron chi connectivity index (χ4n) is 1.93. The molecule has 1 aromatic heterocycles.